The van der Waals surface area contributed by atoms with E-state index in [9.17, 15) is 4.79 Å². The number of amides is 1. The topological polar surface area (TPSA) is 77.0 Å². The average molecular weight is 449 g/mol. The van der Waals surface area contributed by atoms with E-state index in [1.54, 1.807) is 14.2 Å². The number of anilines is 1. The summed E-state index contributed by atoms with van der Waals surface area (Å²) in [4.78, 5) is 17.0. The third kappa shape index (κ3) is 4.84. The Morgan fingerprint density at radius 3 is 2.30 bits per heavy atom. The van der Waals surface area contributed by atoms with Crippen LogP contribution in [0.2, 0.25) is 0 Å². The number of piperazine rings is 1. The van der Waals surface area contributed by atoms with Crippen LogP contribution >= 0.6 is 0 Å². The lowest BCUT2D eigenvalue weighted by Crippen LogP contribution is -2.49. The van der Waals surface area contributed by atoms with Crippen molar-refractivity contribution in [2.45, 2.75) is 6.92 Å². The lowest BCUT2D eigenvalue weighted by atomic mass is 10.1. The fraction of sp³-hybridized carbons (Fsp3) is 0.320. The molecule has 0 N–H and O–H groups in total. The molecule has 0 saturated carbocycles. The molecule has 3 aromatic rings. The SMILES string of the molecule is CCOc1ccccc1C(=O)N1CCN(c2ccc(-c3ccc(OC)c(OC)c3)nn2)CC1. The van der Waals surface area contributed by atoms with Gasteiger partial charge in [-0.1, -0.05) is 12.1 Å². The number of ether oxygens (including phenoxy) is 3. The van der Waals surface area contributed by atoms with Crippen molar-refractivity contribution in [2.75, 3.05) is 51.9 Å². The van der Waals surface area contributed by atoms with Crippen LogP contribution in [-0.4, -0.2) is 68.0 Å². The molecule has 1 aromatic heterocycles. The summed E-state index contributed by atoms with van der Waals surface area (Å²) in [5.74, 6) is 2.73. The maximum Gasteiger partial charge on any atom is 0.257 e. The quantitative estimate of drug-likeness (QED) is 0.547. The Morgan fingerprint density at radius 1 is 0.879 bits per heavy atom. The molecule has 2 heterocycles. The first kappa shape index (κ1) is 22.4. The molecule has 0 unspecified atom stereocenters. The van der Waals surface area contributed by atoms with Crippen LogP contribution in [0.5, 0.6) is 17.2 Å². The smallest absolute Gasteiger partial charge is 0.257 e. The van der Waals surface area contributed by atoms with E-state index in [4.69, 9.17) is 14.2 Å². The van der Waals surface area contributed by atoms with E-state index in [1.165, 1.54) is 0 Å². The van der Waals surface area contributed by atoms with Crippen LogP contribution in [0.25, 0.3) is 11.3 Å². The highest BCUT2D eigenvalue weighted by Gasteiger charge is 2.25. The molecular weight excluding hydrogens is 420 g/mol. The molecule has 33 heavy (non-hydrogen) atoms. The molecule has 0 spiro atoms. The van der Waals surface area contributed by atoms with Gasteiger partial charge in [-0.3, -0.25) is 4.79 Å². The number of para-hydroxylation sites is 1. The van der Waals surface area contributed by atoms with Crippen molar-refractivity contribution in [3.05, 3.63) is 60.2 Å². The molecule has 0 radical (unpaired) electrons. The standard InChI is InChI=1S/C25H28N4O4/c1-4-33-21-8-6-5-7-19(21)25(30)29-15-13-28(14-16-29)24-12-10-20(26-27-24)18-9-11-22(31-2)23(17-18)32-3/h5-12,17H,4,13-16H2,1-3H3. The van der Waals surface area contributed by atoms with Crippen molar-refractivity contribution < 1.29 is 19.0 Å². The molecule has 0 aliphatic carbocycles. The third-order valence-electron chi connectivity index (χ3n) is 5.64. The van der Waals surface area contributed by atoms with Gasteiger partial charge in [-0.05, 0) is 49.4 Å². The molecule has 1 amide bonds. The minimum Gasteiger partial charge on any atom is -0.493 e. The molecule has 1 fully saturated rings. The van der Waals surface area contributed by atoms with Crippen LogP contribution in [0.15, 0.2) is 54.6 Å². The number of methoxy groups -OCH3 is 2. The maximum absolute atomic E-state index is 13.0. The van der Waals surface area contributed by atoms with Gasteiger partial charge in [0.25, 0.3) is 5.91 Å². The monoisotopic (exact) mass is 448 g/mol. The highest BCUT2D eigenvalue weighted by molar-refractivity contribution is 5.97. The van der Waals surface area contributed by atoms with Crippen molar-refractivity contribution in [1.29, 1.82) is 0 Å². The van der Waals surface area contributed by atoms with Crippen LogP contribution in [0.4, 0.5) is 5.82 Å². The Labute approximate surface area is 193 Å². The van der Waals surface area contributed by atoms with E-state index < -0.39 is 0 Å². The Bertz CT molecular complexity index is 1100. The van der Waals surface area contributed by atoms with E-state index in [1.807, 2.05) is 66.4 Å². The number of benzene rings is 2. The van der Waals surface area contributed by atoms with E-state index in [-0.39, 0.29) is 5.91 Å². The normalized spacial score (nSPS) is 13.5. The molecule has 4 rings (SSSR count). The molecule has 8 nitrogen and oxygen atoms in total. The second-order valence-corrected chi connectivity index (χ2v) is 7.55. The van der Waals surface area contributed by atoms with Gasteiger partial charge in [0.15, 0.2) is 17.3 Å². The van der Waals surface area contributed by atoms with Crippen molar-refractivity contribution in [2.24, 2.45) is 0 Å². The molecular formula is C25H28N4O4. The third-order valence-corrected chi connectivity index (χ3v) is 5.64. The van der Waals surface area contributed by atoms with Crippen LogP contribution in [0.1, 0.15) is 17.3 Å². The average Bonchev–Trinajstić information content (AvgIpc) is 2.88. The predicted molar refractivity (Wildman–Crippen MR) is 126 cm³/mol. The summed E-state index contributed by atoms with van der Waals surface area (Å²) in [7, 11) is 3.22. The van der Waals surface area contributed by atoms with Gasteiger partial charge >= 0.3 is 0 Å². The molecule has 1 saturated heterocycles. The van der Waals surface area contributed by atoms with Crippen molar-refractivity contribution in [1.82, 2.24) is 15.1 Å². The molecule has 172 valence electrons. The summed E-state index contributed by atoms with van der Waals surface area (Å²) < 4.78 is 16.3. The zero-order chi connectivity index (χ0) is 23.2. The van der Waals surface area contributed by atoms with Gasteiger partial charge in [-0.2, -0.15) is 0 Å². The van der Waals surface area contributed by atoms with Crippen molar-refractivity contribution in [3.8, 4) is 28.5 Å². The van der Waals surface area contributed by atoms with Crippen LogP contribution in [0, 0.1) is 0 Å². The highest BCUT2D eigenvalue weighted by atomic mass is 16.5. The highest BCUT2D eigenvalue weighted by Crippen LogP contribution is 2.31. The number of nitrogens with zero attached hydrogens (tertiary/aromatic N) is 4. The van der Waals surface area contributed by atoms with Crippen LogP contribution < -0.4 is 19.1 Å². The first-order valence-electron chi connectivity index (χ1n) is 11.0. The first-order chi connectivity index (χ1) is 16.1. The molecule has 1 aliphatic rings. The van der Waals surface area contributed by atoms with Crippen molar-refractivity contribution >= 4 is 11.7 Å². The van der Waals surface area contributed by atoms with Crippen molar-refractivity contribution in [3.63, 3.8) is 0 Å². The van der Waals surface area contributed by atoms with E-state index in [2.05, 4.69) is 15.1 Å². The lowest BCUT2D eigenvalue weighted by molar-refractivity contribution is 0.0742. The molecule has 2 aromatic carbocycles. The summed E-state index contributed by atoms with van der Waals surface area (Å²) in [5.41, 5.74) is 2.25. The van der Waals surface area contributed by atoms with Gasteiger partial charge in [0.1, 0.15) is 5.75 Å². The van der Waals surface area contributed by atoms with Gasteiger partial charge < -0.3 is 24.0 Å². The summed E-state index contributed by atoms with van der Waals surface area (Å²) in [6.07, 6.45) is 0. The minimum atomic E-state index is -0.00594. The fourth-order valence-corrected chi connectivity index (χ4v) is 3.88. The second kappa shape index (κ2) is 10.2. The Kier molecular flexibility index (Phi) is 6.92. The fourth-order valence-electron chi connectivity index (χ4n) is 3.88. The van der Waals surface area contributed by atoms with Gasteiger partial charge in [0, 0.05) is 31.7 Å². The number of rotatable bonds is 7. The second-order valence-electron chi connectivity index (χ2n) is 7.55. The summed E-state index contributed by atoms with van der Waals surface area (Å²) in [5, 5.41) is 8.83. The Hall–Kier alpha value is -3.81. The largest absolute Gasteiger partial charge is 0.493 e. The van der Waals surface area contributed by atoms with Gasteiger partial charge in [0.05, 0.1) is 32.1 Å². The number of carbonyl (C=O) groups is 1. The number of hydrogen-bond donors (Lipinski definition) is 0. The maximum atomic E-state index is 13.0. The zero-order valence-electron chi connectivity index (χ0n) is 19.2. The number of aromatic nitrogens is 2. The summed E-state index contributed by atoms with van der Waals surface area (Å²) >= 11 is 0. The van der Waals surface area contributed by atoms with Crippen LogP contribution in [0.3, 0.4) is 0 Å². The molecule has 0 atom stereocenters. The van der Waals surface area contributed by atoms with Crippen LogP contribution in [-0.2, 0) is 0 Å². The Morgan fingerprint density at radius 2 is 1.64 bits per heavy atom. The van der Waals surface area contributed by atoms with E-state index in [0.717, 1.165) is 17.1 Å². The summed E-state index contributed by atoms with van der Waals surface area (Å²) in [6.45, 7) is 5.03. The lowest BCUT2D eigenvalue weighted by Gasteiger charge is -2.35. The number of hydrogen-bond acceptors (Lipinski definition) is 7. The predicted octanol–water partition coefficient (Wildman–Crippen LogP) is 3.52. The van der Waals surface area contributed by atoms with Gasteiger partial charge in [-0.25, -0.2) is 0 Å². The minimum absolute atomic E-state index is 0.00594. The Balaban J connectivity index is 1.41. The molecule has 8 heteroatoms. The number of carbonyl (C=O) groups excluding carboxylic acids is 1. The molecule has 1 aliphatic heterocycles. The first-order valence-corrected chi connectivity index (χ1v) is 11.0. The van der Waals surface area contributed by atoms with Gasteiger partial charge in [0.2, 0.25) is 0 Å². The van der Waals surface area contributed by atoms with E-state index in [0.29, 0.717) is 55.6 Å². The van der Waals surface area contributed by atoms with E-state index >= 15 is 0 Å². The zero-order valence-corrected chi connectivity index (χ0v) is 19.2. The summed E-state index contributed by atoms with van der Waals surface area (Å²) in [6, 6.07) is 17.0. The molecule has 0 bridgehead atoms. The van der Waals surface area contributed by atoms with Gasteiger partial charge in [-0.15, -0.1) is 10.2 Å².